The SMILES string of the molecule is C1CO1.CC1CO1.COS(=O)(=O)c1ccc(C)cc1.OCC(O)CO.OCCN(CCO)CCO. The van der Waals surface area contributed by atoms with E-state index in [1.165, 1.54) is 12.1 Å². The van der Waals surface area contributed by atoms with E-state index in [4.69, 9.17) is 35.4 Å². The zero-order chi connectivity index (χ0) is 27.1. The van der Waals surface area contributed by atoms with Crippen LogP contribution in [-0.4, -0.2) is 136 Å². The van der Waals surface area contributed by atoms with Gasteiger partial charge in [-0.05, 0) is 26.0 Å². The third-order valence-corrected chi connectivity index (χ3v) is 5.19. The number of epoxide rings is 2. The fourth-order valence-corrected chi connectivity index (χ4v) is 2.38. The highest BCUT2D eigenvalue weighted by atomic mass is 32.2. The smallest absolute Gasteiger partial charge is 0.296 e. The minimum Gasteiger partial charge on any atom is -0.395 e. The van der Waals surface area contributed by atoms with Crippen LogP contribution in [0.2, 0.25) is 0 Å². The van der Waals surface area contributed by atoms with Gasteiger partial charge in [0.2, 0.25) is 0 Å². The van der Waals surface area contributed by atoms with Crippen LogP contribution in [0.3, 0.4) is 0 Å². The Bertz CT molecular complexity index is 662. The molecular formula is C22H43NO11S. The Hall–Kier alpha value is -1.23. The highest BCUT2D eigenvalue weighted by Crippen LogP contribution is 2.11. The van der Waals surface area contributed by atoms with Crippen molar-refractivity contribution in [3.63, 3.8) is 0 Å². The maximum atomic E-state index is 11.1. The van der Waals surface area contributed by atoms with Crippen LogP contribution < -0.4 is 0 Å². The third kappa shape index (κ3) is 25.7. The lowest BCUT2D eigenvalue weighted by Crippen LogP contribution is -2.32. The molecule has 208 valence electrons. The Morgan fingerprint density at radius 2 is 1.34 bits per heavy atom. The highest BCUT2D eigenvalue weighted by Gasteiger charge is 2.13. The number of ether oxygens (including phenoxy) is 2. The van der Waals surface area contributed by atoms with Crippen molar-refractivity contribution in [2.45, 2.75) is 31.0 Å². The highest BCUT2D eigenvalue weighted by molar-refractivity contribution is 7.86. The molecular weight excluding hydrogens is 486 g/mol. The first-order chi connectivity index (χ1) is 16.6. The molecule has 2 aliphatic heterocycles. The molecule has 1 atom stereocenters. The summed E-state index contributed by atoms with van der Waals surface area (Å²) in [4.78, 5) is 1.98. The molecule has 0 saturated carbocycles. The van der Waals surface area contributed by atoms with Crippen molar-refractivity contribution in [2.75, 3.05) is 79.6 Å². The summed E-state index contributed by atoms with van der Waals surface area (Å²) < 4.78 is 35.7. The Kier molecular flexibility index (Phi) is 23.8. The Morgan fingerprint density at radius 3 is 1.54 bits per heavy atom. The molecule has 0 aromatic heterocycles. The van der Waals surface area contributed by atoms with Crippen molar-refractivity contribution in [3.8, 4) is 0 Å². The van der Waals surface area contributed by atoms with Crippen molar-refractivity contribution in [1.82, 2.24) is 4.90 Å². The molecule has 2 fully saturated rings. The molecule has 0 aliphatic carbocycles. The molecule has 35 heavy (non-hydrogen) atoms. The lowest BCUT2D eigenvalue weighted by molar-refractivity contribution is 0.0450. The van der Waals surface area contributed by atoms with E-state index in [1.54, 1.807) is 17.0 Å². The molecule has 13 heteroatoms. The van der Waals surface area contributed by atoms with Gasteiger partial charge in [0.15, 0.2) is 0 Å². The van der Waals surface area contributed by atoms with E-state index in [0.29, 0.717) is 25.7 Å². The predicted octanol–water partition coefficient (Wildman–Crippen LogP) is -1.65. The molecule has 12 nitrogen and oxygen atoms in total. The molecule has 0 bridgehead atoms. The van der Waals surface area contributed by atoms with Gasteiger partial charge in [-0.2, -0.15) is 8.42 Å². The molecule has 6 N–H and O–H groups in total. The van der Waals surface area contributed by atoms with E-state index in [9.17, 15) is 8.42 Å². The number of nitrogens with zero attached hydrogens (tertiary/aromatic N) is 1. The van der Waals surface area contributed by atoms with Crippen molar-refractivity contribution >= 4 is 10.1 Å². The van der Waals surface area contributed by atoms with Crippen molar-refractivity contribution in [1.29, 1.82) is 0 Å². The van der Waals surface area contributed by atoms with Crippen molar-refractivity contribution in [2.24, 2.45) is 0 Å². The first-order valence-electron chi connectivity index (χ1n) is 11.1. The lowest BCUT2D eigenvalue weighted by Gasteiger charge is -2.17. The number of hydrogen-bond acceptors (Lipinski definition) is 12. The van der Waals surface area contributed by atoms with Crippen molar-refractivity contribution in [3.05, 3.63) is 29.8 Å². The summed E-state index contributed by atoms with van der Waals surface area (Å²) in [5.74, 6) is 0. The van der Waals surface area contributed by atoms with Crippen LogP contribution in [0, 0.1) is 6.92 Å². The van der Waals surface area contributed by atoms with Crippen LogP contribution in [0.1, 0.15) is 12.5 Å². The van der Waals surface area contributed by atoms with Gasteiger partial charge in [0.05, 0.1) is 71.0 Å². The average Bonchev–Trinajstić information content (AvgIpc) is 3.77. The molecule has 2 heterocycles. The Balaban J connectivity index is 0. The minimum atomic E-state index is -3.51. The number of aryl methyl sites for hydroxylation is 1. The van der Waals surface area contributed by atoms with Crippen LogP contribution in [0.25, 0.3) is 0 Å². The van der Waals surface area contributed by atoms with Crippen LogP contribution in [0.15, 0.2) is 29.2 Å². The monoisotopic (exact) mass is 529 g/mol. The summed E-state index contributed by atoms with van der Waals surface area (Å²) in [7, 11) is -2.37. The molecule has 3 rings (SSSR count). The number of aliphatic hydroxyl groups is 6. The molecule has 0 spiro atoms. The second kappa shape index (κ2) is 23.2. The second-order valence-corrected chi connectivity index (χ2v) is 8.93. The molecule has 1 aromatic rings. The van der Waals surface area contributed by atoms with Gasteiger partial charge >= 0.3 is 0 Å². The maximum absolute atomic E-state index is 11.1. The van der Waals surface area contributed by atoms with Crippen LogP contribution in [-0.2, 0) is 23.8 Å². The first kappa shape index (κ1) is 35.9. The lowest BCUT2D eigenvalue weighted by atomic mass is 10.2. The summed E-state index contributed by atoms with van der Waals surface area (Å²) in [6.45, 7) is 7.96. The van der Waals surface area contributed by atoms with Gasteiger partial charge in [-0.3, -0.25) is 9.08 Å². The maximum Gasteiger partial charge on any atom is 0.296 e. The summed E-state index contributed by atoms with van der Waals surface area (Å²) in [6.07, 6.45) is -0.370. The molecule has 2 aliphatic rings. The van der Waals surface area contributed by atoms with Gasteiger partial charge in [-0.1, -0.05) is 17.7 Å². The van der Waals surface area contributed by atoms with Crippen LogP contribution in [0.5, 0.6) is 0 Å². The average molecular weight is 530 g/mol. The summed E-state index contributed by atoms with van der Waals surface area (Å²) in [5.41, 5.74) is 1.02. The minimum absolute atomic E-state index is 0.0694. The molecule has 2 saturated heterocycles. The van der Waals surface area contributed by atoms with Crippen LogP contribution >= 0.6 is 0 Å². The topological polar surface area (TPSA) is 193 Å². The van der Waals surface area contributed by atoms with E-state index in [0.717, 1.165) is 32.5 Å². The van der Waals surface area contributed by atoms with Crippen molar-refractivity contribution < 1.29 is 52.7 Å². The summed E-state index contributed by atoms with van der Waals surface area (Å²) in [5, 5.41) is 49.5. The summed E-state index contributed by atoms with van der Waals surface area (Å²) in [6, 6.07) is 6.50. The van der Waals surface area contributed by atoms with Gasteiger partial charge < -0.3 is 40.1 Å². The van der Waals surface area contributed by atoms with Gasteiger partial charge in [0.1, 0.15) is 6.10 Å². The summed E-state index contributed by atoms with van der Waals surface area (Å²) >= 11 is 0. The number of aliphatic hydroxyl groups excluding tert-OH is 6. The third-order valence-electron chi connectivity index (χ3n) is 3.90. The Morgan fingerprint density at radius 1 is 0.971 bits per heavy atom. The zero-order valence-corrected chi connectivity index (χ0v) is 21.6. The molecule has 0 amide bonds. The standard InChI is InChI=1S/C8H10O3S.C6H15NO3.C3H8O3.C3H6O.C2H4O/c1-7-3-5-8(6-4-7)12(9,10)11-2;8-4-1-7(2-5-9)3-6-10;4-1-3(6)2-5;1-3-2-4-3;1-2-3-1/h3-6H,1-2H3;8-10H,1-6H2;3-6H,1-2H2;3H,2H2,1H3;1-2H2. The quantitative estimate of drug-likeness (QED) is 0.150. The van der Waals surface area contributed by atoms with E-state index in [2.05, 4.69) is 15.8 Å². The van der Waals surface area contributed by atoms with E-state index in [1.807, 2.05) is 6.92 Å². The predicted molar refractivity (Wildman–Crippen MR) is 129 cm³/mol. The fourth-order valence-electron chi connectivity index (χ4n) is 1.71. The number of hydrogen-bond donors (Lipinski definition) is 6. The fraction of sp³-hybridized carbons (Fsp3) is 0.727. The van der Waals surface area contributed by atoms with E-state index in [-0.39, 0.29) is 37.9 Å². The molecule has 0 radical (unpaired) electrons. The number of rotatable bonds is 10. The van der Waals surface area contributed by atoms with Gasteiger partial charge in [-0.25, -0.2) is 0 Å². The number of benzene rings is 1. The largest absolute Gasteiger partial charge is 0.395 e. The normalized spacial score (nSPS) is 15.3. The van der Waals surface area contributed by atoms with Gasteiger partial charge in [0, 0.05) is 19.6 Å². The van der Waals surface area contributed by atoms with Gasteiger partial charge in [-0.15, -0.1) is 0 Å². The zero-order valence-electron chi connectivity index (χ0n) is 20.8. The van der Waals surface area contributed by atoms with Gasteiger partial charge in [0.25, 0.3) is 10.1 Å². The molecule has 1 aromatic carbocycles. The van der Waals surface area contributed by atoms with E-state index >= 15 is 0 Å². The van der Waals surface area contributed by atoms with Crippen LogP contribution in [0.4, 0.5) is 0 Å². The first-order valence-corrected chi connectivity index (χ1v) is 12.5. The Labute approximate surface area is 208 Å². The van der Waals surface area contributed by atoms with E-state index < -0.39 is 16.2 Å². The molecule has 1 unspecified atom stereocenters. The second-order valence-electron chi connectivity index (χ2n) is 7.22.